The van der Waals surface area contributed by atoms with Crippen LogP contribution in [0.25, 0.3) is 0 Å². The number of urea groups is 1. The minimum Gasteiger partial charge on any atom is -0.497 e. The van der Waals surface area contributed by atoms with Crippen molar-refractivity contribution >= 4 is 29.3 Å². The lowest BCUT2D eigenvalue weighted by atomic mass is 10.1. The summed E-state index contributed by atoms with van der Waals surface area (Å²) in [5.74, 6) is 0.0280. The Labute approximate surface area is 175 Å². The van der Waals surface area contributed by atoms with E-state index in [4.69, 9.17) is 4.74 Å². The number of carbonyl (C=O) groups is 2. The van der Waals surface area contributed by atoms with E-state index in [2.05, 4.69) is 15.3 Å². The summed E-state index contributed by atoms with van der Waals surface area (Å²) in [6.45, 7) is -0.182. The number of amides is 3. The highest BCUT2D eigenvalue weighted by molar-refractivity contribution is 6.05. The first-order valence-corrected chi connectivity index (χ1v) is 9.46. The van der Waals surface area contributed by atoms with Gasteiger partial charge in [0.25, 0.3) is 5.91 Å². The van der Waals surface area contributed by atoms with Crippen LogP contribution in [0.2, 0.25) is 0 Å². The topological polar surface area (TPSA) is 99.7 Å². The van der Waals surface area contributed by atoms with Crippen LogP contribution in [-0.2, 0) is 0 Å². The molecule has 4 rings (SSSR count). The minimum atomic E-state index is -4.54. The fourth-order valence-corrected chi connectivity index (χ4v) is 3.65. The predicted molar refractivity (Wildman–Crippen MR) is 106 cm³/mol. The Morgan fingerprint density at radius 3 is 2.84 bits per heavy atom. The number of carbonyl (C=O) groups excluding carboxylic acids is 2. The van der Waals surface area contributed by atoms with E-state index in [0.29, 0.717) is 30.9 Å². The predicted octanol–water partition coefficient (Wildman–Crippen LogP) is 2.41. The van der Waals surface area contributed by atoms with E-state index in [0.717, 1.165) is 0 Å². The average Bonchev–Trinajstić information content (AvgIpc) is 3.15. The molecule has 0 saturated carbocycles. The molecule has 3 amide bonds. The zero-order chi connectivity index (χ0) is 22.2. The highest BCUT2D eigenvalue weighted by Gasteiger charge is 2.40. The Balaban J connectivity index is 1.61. The number of aromatic nitrogens is 2. The number of hydrogen-bond acceptors (Lipinski definition) is 6. The quantitative estimate of drug-likeness (QED) is 0.764. The van der Waals surface area contributed by atoms with E-state index >= 15 is 0 Å². The number of halogens is 3. The summed E-state index contributed by atoms with van der Waals surface area (Å²) in [5.41, 5.74) is 0.428. The maximum Gasteiger partial charge on any atom is 0.405 e. The van der Waals surface area contributed by atoms with Crippen molar-refractivity contribution in [3.63, 3.8) is 0 Å². The van der Waals surface area contributed by atoms with Crippen LogP contribution in [-0.4, -0.2) is 60.9 Å². The zero-order valence-corrected chi connectivity index (χ0v) is 16.4. The van der Waals surface area contributed by atoms with Gasteiger partial charge in [0.1, 0.15) is 23.8 Å². The normalized spacial score (nSPS) is 17.2. The van der Waals surface area contributed by atoms with Crippen molar-refractivity contribution in [3.05, 3.63) is 36.2 Å². The van der Waals surface area contributed by atoms with E-state index in [-0.39, 0.29) is 23.4 Å². The zero-order valence-electron chi connectivity index (χ0n) is 16.4. The van der Waals surface area contributed by atoms with Crippen LogP contribution >= 0.6 is 0 Å². The molecule has 2 bridgehead atoms. The number of rotatable bonds is 4. The van der Waals surface area contributed by atoms with Crippen LogP contribution in [0.15, 0.2) is 30.5 Å². The Morgan fingerprint density at radius 2 is 2.10 bits per heavy atom. The number of anilines is 3. The molecule has 0 aliphatic carbocycles. The number of nitrogens with one attached hydrogen (secondary N) is 2. The second kappa shape index (κ2) is 7.93. The molecule has 2 N–H and O–H groups in total. The van der Waals surface area contributed by atoms with Crippen LogP contribution in [0.3, 0.4) is 0 Å². The maximum atomic E-state index is 13.1. The van der Waals surface area contributed by atoms with E-state index in [1.807, 2.05) is 4.90 Å². The highest BCUT2D eigenvalue weighted by atomic mass is 19.4. The van der Waals surface area contributed by atoms with Crippen molar-refractivity contribution < 1.29 is 27.5 Å². The molecule has 2 aromatic rings. The van der Waals surface area contributed by atoms with Crippen molar-refractivity contribution in [1.82, 2.24) is 15.3 Å². The van der Waals surface area contributed by atoms with Crippen LogP contribution in [0, 0.1) is 0 Å². The smallest absolute Gasteiger partial charge is 0.405 e. The molecule has 164 valence electrons. The average molecular weight is 436 g/mol. The number of pyridine rings is 2. The molecule has 0 spiro atoms. The van der Waals surface area contributed by atoms with Gasteiger partial charge in [-0.05, 0) is 24.6 Å². The number of fused-ring (bicyclic) bond motifs is 4. The first kappa shape index (κ1) is 20.7. The summed E-state index contributed by atoms with van der Waals surface area (Å²) < 4.78 is 42.4. The molecule has 2 aliphatic heterocycles. The molecule has 0 aromatic carbocycles. The summed E-state index contributed by atoms with van der Waals surface area (Å²) in [7, 11) is 1.49. The molecule has 1 atom stereocenters. The minimum absolute atomic E-state index is 0.195. The summed E-state index contributed by atoms with van der Waals surface area (Å²) in [6, 6.07) is 5.43. The van der Waals surface area contributed by atoms with E-state index in [9.17, 15) is 22.8 Å². The summed E-state index contributed by atoms with van der Waals surface area (Å²) in [5, 5.41) is 4.49. The lowest BCUT2D eigenvalue weighted by Gasteiger charge is -2.35. The molecule has 4 heterocycles. The van der Waals surface area contributed by atoms with Crippen LogP contribution < -0.4 is 25.2 Å². The number of alkyl halides is 3. The molecule has 31 heavy (non-hydrogen) atoms. The maximum absolute atomic E-state index is 13.1. The Hall–Kier alpha value is -3.57. The van der Waals surface area contributed by atoms with Gasteiger partial charge < -0.3 is 15.0 Å². The van der Waals surface area contributed by atoms with Gasteiger partial charge in [-0.15, -0.1) is 0 Å². The van der Waals surface area contributed by atoms with Gasteiger partial charge in [-0.25, -0.2) is 14.8 Å². The third-order valence-electron chi connectivity index (χ3n) is 5.05. The monoisotopic (exact) mass is 436 g/mol. The van der Waals surface area contributed by atoms with Gasteiger partial charge in [0.15, 0.2) is 5.82 Å². The fraction of sp³-hybridized carbons (Fsp3) is 0.368. The van der Waals surface area contributed by atoms with Crippen molar-refractivity contribution in [2.75, 3.05) is 41.9 Å². The van der Waals surface area contributed by atoms with Crippen molar-refractivity contribution in [3.8, 4) is 5.75 Å². The van der Waals surface area contributed by atoms with Crippen molar-refractivity contribution in [1.29, 1.82) is 0 Å². The van der Waals surface area contributed by atoms with Gasteiger partial charge in [-0.2, -0.15) is 13.2 Å². The van der Waals surface area contributed by atoms with Crippen molar-refractivity contribution in [2.24, 2.45) is 0 Å². The summed E-state index contributed by atoms with van der Waals surface area (Å²) >= 11 is 0. The number of hydrogen-bond donors (Lipinski definition) is 2. The van der Waals surface area contributed by atoms with Gasteiger partial charge in [-0.3, -0.25) is 15.0 Å². The molecule has 9 nitrogen and oxygen atoms in total. The van der Waals surface area contributed by atoms with Crippen LogP contribution in [0.5, 0.6) is 5.75 Å². The molecule has 12 heteroatoms. The van der Waals surface area contributed by atoms with Gasteiger partial charge in [0.05, 0.1) is 18.8 Å². The van der Waals surface area contributed by atoms with Gasteiger partial charge in [0, 0.05) is 25.4 Å². The largest absolute Gasteiger partial charge is 0.497 e. The molecule has 2 aromatic heterocycles. The molecular weight excluding hydrogens is 417 g/mol. The third kappa shape index (κ3) is 4.32. The molecule has 0 unspecified atom stereocenters. The Morgan fingerprint density at radius 1 is 1.29 bits per heavy atom. The van der Waals surface area contributed by atoms with Gasteiger partial charge in [0.2, 0.25) is 0 Å². The van der Waals surface area contributed by atoms with Gasteiger partial charge in [-0.1, -0.05) is 0 Å². The number of methoxy groups -OCH3 is 1. The van der Waals surface area contributed by atoms with Gasteiger partial charge >= 0.3 is 12.2 Å². The number of nitrogens with zero attached hydrogens (tertiary/aromatic N) is 4. The molecule has 1 saturated heterocycles. The third-order valence-corrected chi connectivity index (χ3v) is 5.05. The Kier molecular flexibility index (Phi) is 5.29. The Bertz CT molecular complexity index is 1020. The second-order valence-corrected chi connectivity index (χ2v) is 7.11. The summed E-state index contributed by atoms with van der Waals surface area (Å²) in [4.78, 5) is 37.0. The molecule has 0 radical (unpaired) electrons. The molecular formula is C19H19F3N6O3. The van der Waals surface area contributed by atoms with Crippen LogP contribution in [0.1, 0.15) is 16.9 Å². The van der Waals surface area contributed by atoms with Crippen LogP contribution in [0.4, 0.5) is 35.3 Å². The van der Waals surface area contributed by atoms with Crippen molar-refractivity contribution in [2.45, 2.75) is 18.6 Å². The lowest BCUT2D eigenvalue weighted by Crippen LogP contribution is -2.48. The molecule has 1 fully saturated rings. The second-order valence-electron chi connectivity index (χ2n) is 7.11. The number of ether oxygens (including phenoxy) is 1. The first-order chi connectivity index (χ1) is 14.7. The standard InChI is InChI=1S/C19H19F3N6O3/c1-31-12-4-6-23-15(8-12)26-18(30)28-11-5-7-27(9-11)14-3-2-13(25-16(14)28)17(29)24-10-19(20,21)22/h2-4,6,8,11H,5,7,9-10H2,1H3,(H,24,29)(H,23,26,30)/t11-/m0/s1. The SMILES string of the molecule is COc1ccnc(NC(=O)N2c3nc(C(=O)NCC(F)(F)F)ccc3N3CC[C@H]2C3)c1. The van der Waals surface area contributed by atoms with E-state index < -0.39 is 24.7 Å². The fourth-order valence-electron chi connectivity index (χ4n) is 3.65. The lowest BCUT2D eigenvalue weighted by molar-refractivity contribution is -0.123. The van der Waals surface area contributed by atoms with E-state index in [1.54, 1.807) is 23.5 Å². The van der Waals surface area contributed by atoms with E-state index in [1.165, 1.54) is 24.3 Å². The highest BCUT2D eigenvalue weighted by Crippen LogP contribution is 2.39. The molecule has 2 aliphatic rings. The summed E-state index contributed by atoms with van der Waals surface area (Å²) in [6.07, 6.45) is -2.37. The first-order valence-electron chi connectivity index (χ1n) is 9.46.